The second kappa shape index (κ2) is 5.15. The summed E-state index contributed by atoms with van der Waals surface area (Å²) in [5, 5.41) is 0. The lowest BCUT2D eigenvalue weighted by Gasteiger charge is -2.02. The summed E-state index contributed by atoms with van der Waals surface area (Å²) in [6.45, 7) is 4.13. The van der Waals surface area contributed by atoms with Crippen LogP contribution in [0.5, 0.6) is 0 Å². The van der Waals surface area contributed by atoms with Gasteiger partial charge in [0.2, 0.25) is 0 Å². The van der Waals surface area contributed by atoms with Crippen LogP contribution in [0.1, 0.15) is 25.3 Å². The molecule has 0 atom stereocenters. The molecule has 0 aliphatic carbocycles. The van der Waals surface area contributed by atoms with E-state index >= 15 is 0 Å². The molecule has 1 aromatic rings. The third kappa shape index (κ3) is 3.14. The first-order valence-corrected chi connectivity index (χ1v) is 5.52. The van der Waals surface area contributed by atoms with Crippen LogP contribution in [0.2, 0.25) is 0 Å². The highest BCUT2D eigenvalue weighted by molar-refractivity contribution is 9.10. The van der Waals surface area contributed by atoms with Crippen LogP contribution in [0, 0.1) is 6.92 Å². The third-order valence-electron chi connectivity index (χ3n) is 1.94. The van der Waals surface area contributed by atoms with Crippen molar-refractivity contribution in [3.8, 4) is 0 Å². The number of nitrogens with two attached hydrogens (primary N) is 1. The minimum absolute atomic E-state index is 0.703. The van der Waals surface area contributed by atoms with E-state index in [4.69, 9.17) is 5.73 Å². The average molecular weight is 255 g/mol. The molecule has 0 unspecified atom stereocenters. The van der Waals surface area contributed by atoms with Gasteiger partial charge in [0, 0.05) is 10.9 Å². The van der Waals surface area contributed by atoms with E-state index in [0.29, 0.717) is 5.84 Å². The first kappa shape index (κ1) is 11.2. The Balaban J connectivity index is 2.95. The van der Waals surface area contributed by atoms with Gasteiger partial charge in [0.1, 0.15) is 0 Å². The molecular formula is C11H15BrN2. The van der Waals surface area contributed by atoms with Crippen molar-refractivity contribution in [2.75, 3.05) is 0 Å². The monoisotopic (exact) mass is 254 g/mol. The Hall–Kier alpha value is -0.830. The molecule has 0 heterocycles. The molecule has 0 radical (unpaired) electrons. The molecule has 2 nitrogen and oxygen atoms in total. The molecule has 0 aromatic heterocycles. The Bertz CT molecular complexity index is 345. The molecule has 0 bridgehead atoms. The smallest absolute Gasteiger partial charge is 0.0996 e. The highest BCUT2D eigenvalue weighted by Gasteiger charge is 1.98. The first-order valence-electron chi connectivity index (χ1n) is 4.72. The van der Waals surface area contributed by atoms with Crippen LogP contribution in [0.3, 0.4) is 0 Å². The number of aliphatic imine (C=N–C) groups is 1. The molecule has 0 saturated carbocycles. The number of rotatable bonds is 3. The molecule has 0 spiro atoms. The summed E-state index contributed by atoms with van der Waals surface area (Å²) in [5.41, 5.74) is 7.86. The number of halogens is 1. The fourth-order valence-corrected chi connectivity index (χ4v) is 1.52. The van der Waals surface area contributed by atoms with Crippen molar-refractivity contribution in [3.05, 3.63) is 28.2 Å². The van der Waals surface area contributed by atoms with Gasteiger partial charge in [-0.25, -0.2) is 4.99 Å². The largest absolute Gasteiger partial charge is 0.387 e. The van der Waals surface area contributed by atoms with Gasteiger partial charge in [-0.1, -0.05) is 28.9 Å². The topological polar surface area (TPSA) is 38.4 Å². The van der Waals surface area contributed by atoms with Crippen molar-refractivity contribution in [2.24, 2.45) is 10.7 Å². The van der Waals surface area contributed by atoms with Gasteiger partial charge in [-0.2, -0.15) is 0 Å². The van der Waals surface area contributed by atoms with E-state index in [2.05, 4.69) is 27.8 Å². The Morgan fingerprint density at radius 2 is 2.21 bits per heavy atom. The number of hydrogen-bond donors (Lipinski definition) is 1. The highest BCUT2D eigenvalue weighted by Crippen LogP contribution is 2.23. The lowest BCUT2D eigenvalue weighted by molar-refractivity contribution is 0.983. The normalized spacial score (nSPS) is 11.8. The molecule has 0 aliphatic heterocycles. The van der Waals surface area contributed by atoms with Gasteiger partial charge >= 0.3 is 0 Å². The summed E-state index contributed by atoms with van der Waals surface area (Å²) < 4.78 is 1.03. The summed E-state index contributed by atoms with van der Waals surface area (Å²) in [6.07, 6.45) is 1.88. The van der Waals surface area contributed by atoms with E-state index in [0.717, 1.165) is 28.6 Å². The summed E-state index contributed by atoms with van der Waals surface area (Å²) in [4.78, 5) is 4.37. The fraction of sp³-hybridized carbons (Fsp3) is 0.364. The zero-order valence-electron chi connectivity index (χ0n) is 8.55. The number of hydrogen-bond acceptors (Lipinski definition) is 1. The van der Waals surface area contributed by atoms with Crippen LogP contribution in [-0.2, 0) is 0 Å². The van der Waals surface area contributed by atoms with E-state index < -0.39 is 0 Å². The van der Waals surface area contributed by atoms with E-state index in [-0.39, 0.29) is 0 Å². The van der Waals surface area contributed by atoms with Crippen molar-refractivity contribution >= 4 is 27.5 Å². The summed E-state index contributed by atoms with van der Waals surface area (Å²) in [6, 6.07) is 6.02. The maximum Gasteiger partial charge on any atom is 0.0996 e. The van der Waals surface area contributed by atoms with E-state index in [1.807, 2.05) is 25.1 Å². The molecule has 0 amide bonds. The Labute approximate surface area is 93.4 Å². The van der Waals surface area contributed by atoms with Gasteiger partial charge in [0.05, 0.1) is 11.5 Å². The van der Waals surface area contributed by atoms with Crippen molar-refractivity contribution in [3.63, 3.8) is 0 Å². The van der Waals surface area contributed by atoms with Gasteiger partial charge in [-0.15, -0.1) is 0 Å². The number of amidine groups is 1. The van der Waals surface area contributed by atoms with Gasteiger partial charge in [-0.05, 0) is 31.0 Å². The zero-order chi connectivity index (χ0) is 10.6. The van der Waals surface area contributed by atoms with Crippen LogP contribution >= 0.6 is 15.9 Å². The van der Waals surface area contributed by atoms with Crippen molar-refractivity contribution in [1.82, 2.24) is 0 Å². The minimum Gasteiger partial charge on any atom is -0.387 e. The lowest BCUT2D eigenvalue weighted by atomic mass is 10.2. The highest BCUT2D eigenvalue weighted by atomic mass is 79.9. The molecule has 2 N–H and O–H groups in total. The van der Waals surface area contributed by atoms with Crippen LogP contribution in [-0.4, -0.2) is 5.84 Å². The molecular weight excluding hydrogens is 240 g/mol. The van der Waals surface area contributed by atoms with Crippen LogP contribution in [0.15, 0.2) is 27.7 Å². The minimum atomic E-state index is 0.703. The SMILES string of the molecule is CCCC(N)=Nc1cc(Br)ccc1C. The number of aryl methyl sites for hydroxylation is 1. The Morgan fingerprint density at radius 1 is 1.50 bits per heavy atom. The molecule has 1 rings (SSSR count). The fourth-order valence-electron chi connectivity index (χ4n) is 1.17. The second-order valence-corrected chi connectivity index (χ2v) is 4.20. The molecule has 0 fully saturated rings. The number of benzene rings is 1. The van der Waals surface area contributed by atoms with Crippen molar-refractivity contribution < 1.29 is 0 Å². The van der Waals surface area contributed by atoms with Gasteiger partial charge in [-0.3, -0.25) is 0 Å². The summed E-state index contributed by atoms with van der Waals surface area (Å²) >= 11 is 3.42. The maximum absolute atomic E-state index is 5.77. The second-order valence-electron chi connectivity index (χ2n) is 3.28. The predicted molar refractivity (Wildman–Crippen MR) is 65.1 cm³/mol. The van der Waals surface area contributed by atoms with E-state index in [1.165, 1.54) is 0 Å². The zero-order valence-corrected chi connectivity index (χ0v) is 10.1. The van der Waals surface area contributed by atoms with Gasteiger partial charge < -0.3 is 5.73 Å². The lowest BCUT2D eigenvalue weighted by Crippen LogP contribution is -2.10. The van der Waals surface area contributed by atoms with E-state index in [9.17, 15) is 0 Å². The Kier molecular flexibility index (Phi) is 4.14. The molecule has 0 saturated heterocycles. The molecule has 76 valence electrons. The average Bonchev–Trinajstić information content (AvgIpc) is 2.12. The first-order chi connectivity index (χ1) is 6.63. The quantitative estimate of drug-likeness (QED) is 0.651. The van der Waals surface area contributed by atoms with Crippen molar-refractivity contribution in [1.29, 1.82) is 0 Å². The van der Waals surface area contributed by atoms with Crippen molar-refractivity contribution in [2.45, 2.75) is 26.7 Å². The third-order valence-corrected chi connectivity index (χ3v) is 2.43. The van der Waals surface area contributed by atoms with E-state index in [1.54, 1.807) is 0 Å². The van der Waals surface area contributed by atoms with Crippen LogP contribution in [0.25, 0.3) is 0 Å². The molecule has 3 heteroatoms. The molecule has 0 aliphatic rings. The maximum atomic E-state index is 5.77. The predicted octanol–water partition coefficient (Wildman–Crippen LogP) is 3.55. The molecule has 14 heavy (non-hydrogen) atoms. The molecule has 1 aromatic carbocycles. The van der Waals surface area contributed by atoms with Gasteiger partial charge in [0.15, 0.2) is 0 Å². The van der Waals surface area contributed by atoms with Gasteiger partial charge in [0.25, 0.3) is 0 Å². The van der Waals surface area contributed by atoms with Crippen LogP contribution in [0.4, 0.5) is 5.69 Å². The summed E-state index contributed by atoms with van der Waals surface area (Å²) in [5.74, 6) is 0.703. The van der Waals surface area contributed by atoms with Crippen LogP contribution < -0.4 is 5.73 Å². The standard InChI is InChI=1S/C11H15BrN2/c1-3-4-11(13)14-10-7-9(12)6-5-8(10)2/h5-7H,3-4H2,1-2H3,(H2,13,14). The summed E-state index contributed by atoms with van der Waals surface area (Å²) in [7, 11) is 0. The Morgan fingerprint density at radius 3 is 2.86 bits per heavy atom. The number of nitrogens with zero attached hydrogens (tertiary/aromatic N) is 1.